The molecule has 2 aromatic carbocycles. The highest BCUT2D eigenvalue weighted by Crippen LogP contribution is 2.43. The molecule has 0 aromatic heterocycles. The largest absolute Gasteiger partial charge is 0.369 e. The summed E-state index contributed by atoms with van der Waals surface area (Å²) in [5.41, 5.74) is 1.10. The molecule has 3 rings (SSSR count). The first-order chi connectivity index (χ1) is 9.81. The Morgan fingerprint density at radius 2 is 1.60 bits per heavy atom. The molecule has 0 bridgehead atoms. The van der Waals surface area contributed by atoms with E-state index in [4.69, 9.17) is 4.74 Å². The van der Waals surface area contributed by atoms with E-state index < -0.39 is 0 Å². The Balaban J connectivity index is 1.84. The summed E-state index contributed by atoms with van der Waals surface area (Å²) >= 11 is 1.46. The van der Waals surface area contributed by atoms with Gasteiger partial charge in [0.05, 0.1) is 0 Å². The van der Waals surface area contributed by atoms with Crippen molar-refractivity contribution < 1.29 is 9.53 Å². The van der Waals surface area contributed by atoms with Crippen LogP contribution in [0.3, 0.4) is 0 Å². The van der Waals surface area contributed by atoms with Crippen LogP contribution < -0.4 is 0 Å². The van der Waals surface area contributed by atoms with Crippen molar-refractivity contribution in [3.05, 3.63) is 66.2 Å². The Morgan fingerprint density at radius 1 is 1.00 bits per heavy atom. The molecule has 1 aliphatic rings. The summed E-state index contributed by atoms with van der Waals surface area (Å²) in [5, 5.41) is 0. The van der Waals surface area contributed by atoms with Crippen LogP contribution in [0.4, 0.5) is 0 Å². The molecule has 1 fully saturated rings. The lowest BCUT2D eigenvalue weighted by Crippen LogP contribution is -2.56. The first kappa shape index (κ1) is 13.2. The number of carbonyl (C=O) groups excluding carboxylic acids is 1. The zero-order valence-electron chi connectivity index (χ0n) is 11.1. The van der Waals surface area contributed by atoms with Gasteiger partial charge in [0.15, 0.2) is 6.10 Å². The van der Waals surface area contributed by atoms with Gasteiger partial charge in [-0.05, 0) is 29.6 Å². The predicted octanol–water partition coefficient (Wildman–Crippen LogP) is 3.29. The number of β-lactam (4-membered cyclic amide) rings is 1. The summed E-state index contributed by atoms with van der Waals surface area (Å²) in [5.74, 6) is 0.0233. The van der Waals surface area contributed by atoms with Crippen LogP contribution in [0.15, 0.2) is 65.6 Å². The van der Waals surface area contributed by atoms with Crippen molar-refractivity contribution in [3.63, 3.8) is 0 Å². The smallest absolute Gasteiger partial charge is 0.265 e. The van der Waals surface area contributed by atoms with E-state index >= 15 is 0 Å². The van der Waals surface area contributed by atoms with Gasteiger partial charge in [0.1, 0.15) is 6.04 Å². The van der Waals surface area contributed by atoms with E-state index in [1.165, 1.54) is 11.9 Å². The van der Waals surface area contributed by atoms with E-state index in [9.17, 15) is 4.79 Å². The van der Waals surface area contributed by atoms with Crippen LogP contribution in [0.25, 0.3) is 0 Å². The predicted molar refractivity (Wildman–Crippen MR) is 79.1 cm³/mol. The number of hydrogen-bond donors (Lipinski definition) is 0. The van der Waals surface area contributed by atoms with Gasteiger partial charge < -0.3 is 4.74 Å². The van der Waals surface area contributed by atoms with E-state index in [0.29, 0.717) is 0 Å². The van der Waals surface area contributed by atoms with E-state index in [2.05, 4.69) is 0 Å². The minimum Gasteiger partial charge on any atom is -0.369 e. The fourth-order valence-electron chi connectivity index (χ4n) is 2.33. The van der Waals surface area contributed by atoms with Crippen LogP contribution in [-0.2, 0) is 9.53 Å². The van der Waals surface area contributed by atoms with Gasteiger partial charge in [-0.2, -0.15) is 0 Å². The second-order valence-electron chi connectivity index (χ2n) is 4.58. The summed E-state index contributed by atoms with van der Waals surface area (Å²) < 4.78 is 7.12. The molecule has 2 atom stereocenters. The van der Waals surface area contributed by atoms with Crippen LogP contribution in [0, 0.1) is 0 Å². The van der Waals surface area contributed by atoms with E-state index in [0.717, 1.165) is 10.5 Å². The Morgan fingerprint density at radius 3 is 2.20 bits per heavy atom. The van der Waals surface area contributed by atoms with Crippen molar-refractivity contribution in [2.75, 3.05) is 7.11 Å². The Bertz CT molecular complexity index is 588. The lowest BCUT2D eigenvalue weighted by atomic mass is 9.94. The number of carbonyl (C=O) groups is 1. The standard InChI is InChI=1S/C16H15NO2S/c1-19-15-14(12-8-4-2-5-9-12)17(16(15)18)20-13-10-6-3-7-11-13/h2-11,14-15H,1H3/t14-,15-/m0/s1. The molecule has 0 saturated carbocycles. The Hall–Kier alpha value is -1.78. The summed E-state index contributed by atoms with van der Waals surface area (Å²) in [7, 11) is 1.59. The minimum absolute atomic E-state index is 0.0233. The maximum Gasteiger partial charge on any atom is 0.265 e. The molecule has 1 aliphatic heterocycles. The van der Waals surface area contributed by atoms with Gasteiger partial charge in [-0.25, -0.2) is 0 Å². The van der Waals surface area contributed by atoms with E-state index in [-0.39, 0.29) is 18.1 Å². The number of amides is 1. The molecule has 20 heavy (non-hydrogen) atoms. The summed E-state index contributed by atoms with van der Waals surface area (Å²) in [4.78, 5) is 13.2. The van der Waals surface area contributed by atoms with Crippen molar-refractivity contribution in [2.24, 2.45) is 0 Å². The Kier molecular flexibility index (Phi) is 3.76. The second-order valence-corrected chi connectivity index (χ2v) is 5.63. The Labute approximate surface area is 122 Å². The molecule has 0 spiro atoms. The molecule has 2 aromatic rings. The molecule has 0 radical (unpaired) electrons. The summed E-state index contributed by atoms with van der Waals surface area (Å²) in [6, 6.07) is 19.9. The molecule has 0 aliphatic carbocycles. The third-order valence-electron chi connectivity index (χ3n) is 3.34. The first-order valence-corrected chi connectivity index (χ1v) is 7.22. The van der Waals surface area contributed by atoms with Crippen LogP contribution in [0.2, 0.25) is 0 Å². The molecule has 0 N–H and O–H groups in total. The number of methoxy groups -OCH3 is 1. The van der Waals surface area contributed by atoms with Gasteiger partial charge in [0.2, 0.25) is 0 Å². The maximum absolute atomic E-state index is 12.2. The van der Waals surface area contributed by atoms with Crippen LogP contribution in [0.1, 0.15) is 11.6 Å². The number of rotatable bonds is 4. The SMILES string of the molecule is CO[C@@H]1C(=O)N(Sc2ccccc2)[C@H]1c1ccccc1. The van der Waals surface area contributed by atoms with Crippen molar-refractivity contribution >= 4 is 17.9 Å². The van der Waals surface area contributed by atoms with Gasteiger partial charge in [-0.3, -0.25) is 9.10 Å². The van der Waals surface area contributed by atoms with Crippen LogP contribution in [-0.4, -0.2) is 23.4 Å². The van der Waals surface area contributed by atoms with E-state index in [1.807, 2.05) is 60.7 Å². The number of ether oxygens (including phenoxy) is 1. The van der Waals surface area contributed by atoms with E-state index in [1.54, 1.807) is 11.4 Å². The highest BCUT2D eigenvalue weighted by molar-refractivity contribution is 7.97. The quantitative estimate of drug-likeness (QED) is 0.637. The molecule has 102 valence electrons. The topological polar surface area (TPSA) is 29.5 Å². The molecule has 4 heteroatoms. The fraction of sp³-hybridized carbons (Fsp3) is 0.188. The van der Waals surface area contributed by atoms with Gasteiger partial charge in [-0.1, -0.05) is 48.5 Å². The monoisotopic (exact) mass is 285 g/mol. The molecule has 0 unspecified atom stereocenters. The number of nitrogens with zero attached hydrogens (tertiary/aromatic N) is 1. The third kappa shape index (κ3) is 2.32. The number of benzene rings is 2. The molecular formula is C16H15NO2S. The third-order valence-corrected chi connectivity index (χ3v) is 4.43. The van der Waals surface area contributed by atoms with Crippen LogP contribution in [0.5, 0.6) is 0 Å². The van der Waals surface area contributed by atoms with Crippen molar-refractivity contribution in [1.29, 1.82) is 0 Å². The zero-order chi connectivity index (χ0) is 13.9. The highest BCUT2D eigenvalue weighted by Gasteiger charge is 2.49. The molecule has 1 saturated heterocycles. The molecule has 1 amide bonds. The van der Waals surface area contributed by atoms with Crippen molar-refractivity contribution in [1.82, 2.24) is 4.31 Å². The average molecular weight is 285 g/mol. The summed E-state index contributed by atoms with van der Waals surface area (Å²) in [6.07, 6.45) is -0.381. The zero-order valence-corrected chi connectivity index (χ0v) is 11.9. The maximum atomic E-state index is 12.2. The lowest BCUT2D eigenvalue weighted by molar-refractivity contribution is -0.158. The number of hydrogen-bond acceptors (Lipinski definition) is 3. The first-order valence-electron chi connectivity index (χ1n) is 6.45. The van der Waals surface area contributed by atoms with Gasteiger partial charge in [0.25, 0.3) is 5.91 Å². The lowest BCUT2D eigenvalue weighted by Gasteiger charge is -2.45. The van der Waals surface area contributed by atoms with Crippen molar-refractivity contribution in [3.8, 4) is 0 Å². The minimum atomic E-state index is -0.381. The molecule has 3 nitrogen and oxygen atoms in total. The second kappa shape index (κ2) is 5.69. The average Bonchev–Trinajstić information content (AvgIpc) is 2.51. The normalized spacial score (nSPS) is 21.6. The van der Waals surface area contributed by atoms with Crippen molar-refractivity contribution in [2.45, 2.75) is 17.0 Å². The molecule has 1 heterocycles. The van der Waals surface area contributed by atoms with Gasteiger partial charge >= 0.3 is 0 Å². The van der Waals surface area contributed by atoms with Crippen LogP contribution >= 0.6 is 11.9 Å². The van der Waals surface area contributed by atoms with Gasteiger partial charge in [-0.15, -0.1) is 0 Å². The fourth-order valence-corrected chi connectivity index (χ4v) is 3.37. The van der Waals surface area contributed by atoms with Gasteiger partial charge in [0, 0.05) is 12.0 Å². The summed E-state index contributed by atoms with van der Waals surface area (Å²) in [6.45, 7) is 0. The molecular weight excluding hydrogens is 270 g/mol. The highest BCUT2D eigenvalue weighted by atomic mass is 32.2.